The van der Waals surface area contributed by atoms with Gasteiger partial charge in [0.2, 0.25) is 10.0 Å². The van der Waals surface area contributed by atoms with Crippen LogP contribution in [0.25, 0.3) is 10.9 Å². The van der Waals surface area contributed by atoms with Gasteiger partial charge in [0.1, 0.15) is 19.0 Å². The number of aromatic nitrogens is 1. The van der Waals surface area contributed by atoms with Crippen LogP contribution in [0.3, 0.4) is 0 Å². The van der Waals surface area contributed by atoms with Crippen LogP contribution >= 0.6 is 0 Å². The Morgan fingerprint density at radius 1 is 1.03 bits per heavy atom. The Bertz CT molecular complexity index is 1330. The lowest BCUT2D eigenvalue weighted by atomic mass is 10.1. The molecule has 1 unspecified atom stereocenters. The Hall–Kier alpha value is -2.95. The van der Waals surface area contributed by atoms with E-state index in [0.717, 1.165) is 25.0 Å². The quantitative estimate of drug-likeness (QED) is 0.590. The predicted octanol–water partition coefficient (Wildman–Crippen LogP) is 2.81. The van der Waals surface area contributed by atoms with Gasteiger partial charge in [-0.15, -0.1) is 0 Å². The number of pyridine rings is 1. The average molecular weight is 475 g/mol. The van der Waals surface area contributed by atoms with Gasteiger partial charge in [-0.2, -0.15) is 4.31 Å². The Balaban J connectivity index is 1.52. The average Bonchev–Trinajstić information content (AvgIpc) is 3.31. The minimum Gasteiger partial charge on any atom is -0.486 e. The standard InChI is InChI=1S/C23H23FN2O6S/c24-17-3-5-19(6-4-17)33(28,29)26(14-18-2-1-7-30-18)13-16-10-15-11-21-22(32-9-8-31-21)12-20(15)25-23(16)27/h3-6,10-12,18H,1-2,7-9,13-14H2,(H,25,27). The summed E-state index contributed by atoms with van der Waals surface area (Å²) in [6.45, 7) is 1.37. The molecule has 0 amide bonds. The number of hydrogen-bond donors (Lipinski definition) is 1. The highest BCUT2D eigenvalue weighted by Gasteiger charge is 2.30. The van der Waals surface area contributed by atoms with Crippen LogP contribution < -0.4 is 15.0 Å². The van der Waals surface area contributed by atoms with Crippen molar-refractivity contribution in [1.29, 1.82) is 0 Å². The molecule has 1 aromatic heterocycles. The van der Waals surface area contributed by atoms with Gasteiger partial charge in [0.25, 0.3) is 5.56 Å². The summed E-state index contributed by atoms with van der Waals surface area (Å²) in [6.07, 6.45) is 1.31. The molecule has 0 radical (unpaired) electrons. The van der Waals surface area contributed by atoms with Crippen LogP contribution in [-0.2, 0) is 21.3 Å². The van der Waals surface area contributed by atoms with Gasteiger partial charge in [-0.25, -0.2) is 12.8 Å². The number of nitrogens with zero attached hydrogens (tertiary/aromatic N) is 1. The minimum absolute atomic E-state index is 0.0428. The smallest absolute Gasteiger partial charge is 0.252 e. The minimum atomic E-state index is -4.00. The Labute approximate surface area is 189 Å². The molecule has 0 bridgehead atoms. The summed E-state index contributed by atoms with van der Waals surface area (Å²) < 4.78 is 58.2. The van der Waals surface area contributed by atoms with E-state index >= 15 is 0 Å². The molecule has 5 rings (SSSR count). The Morgan fingerprint density at radius 3 is 2.45 bits per heavy atom. The molecule has 10 heteroatoms. The molecule has 1 N–H and O–H groups in total. The zero-order valence-electron chi connectivity index (χ0n) is 17.8. The monoisotopic (exact) mass is 474 g/mol. The van der Waals surface area contributed by atoms with Gasteiger partial charge in [0, 0.05) is 36.7 Å². The summed E-state index contributed by atoms with van der Waals surface area (Å²) >= 11 is 0. The number of sulfonamides is 1. The number of aromatic amines is 1. The van der Waals surface area contributed by atoms with Crippen molar-refractivity contribution >= 4 is 20.9 Å². The summed E-state index contributed by atoms with van der Waals surface area (Å²) in [5, 5.41) is 0.699. The van der Waals surface area contributed by atoms with Crippen LogP contribution in [0.1, 0.15) is 18.4 Å². The van der Waals surface area contributed by atoms with E-state index in [-0.39, 0.29) is 29.7 Å². The van der Waals surface area contributed by atoms with Gasteiger partial charge >= 0.3 is 0 Å². The molecule has 3 heterocycles. The third-order valence-electron chi connectivity index (χ3n) is 5.81. The van der Waals surface area contributed by atoms with Crippen LogP contribution in [0.4, 0.5) is 4.39 Å². The maximum Gasteiger partial charge on any atom is 0.252 e. The fourth-order valence-electron chi connectivity index (χ4n) is 4.11. The predicted molar refractivity (Wildman–Crippen MR) is 119 cm³/mol. The lowest BCUT2D eigenvalue weighted by Crippen LogP contribution is -2.38. The van der Waals surface area contributed by atoms with E-state index in [1.165, 1.54) is 16.4 Å². The van der Waals surface area contributed by atoms with Crippen LogP contribution in [-0.4, -0.2) is 50.2 Å². The lowest BCUT2D eigenvalue weighted by molar-refractivity contribution is 0.0925. The highest BCUT2D eigenvalue weighted by atomic mass is 32.2. The van der Waals surface area contributed by atoms with Crippen LogP contribution in [0, 0.1) is 5.82 Å². The van der Waals surface area contributed by atoms with E-state index in [4.69, 9.17) is 14.2 Å². The molecule has 2 aliphatic heterocycles. The van der Waals surface area contributed by atoms with Crippen molar-refractivity contribution in [2.24, 2.45) is 0 Å². The SMILES string of the molecule is O=c1[nH]c2cc3c(cc2cc1CN(CC1CCCO1)S(=O)(=O)c1ccc(F)cc1)OCCO3. The van der Waals surface area contributed by atoms with Gasteiger partial charge in [-0.1, -0.05) is 0 Å². The number of rotatable bonds is 6. The number of ether oxygens (including phenoxy) is 3. The zero-order valence-corrected chi connectivity index (χ0v) is 18.6. The molecule has 8 nitrogen and oxygen atoms in total. The van der Waals surface area contributed by atoms with Crippen molar-refractivity contribution in [2.75, 3.05) is 26.4 Å². The normalized spacial score (nSPS) is 18.2. The number of fused-ring (bicyclic) bond motifs is 2. The first-order valence-electron chi connectivity index (χ1n) is 10.7. The van der Waals surface area contributed by atoms with Crippen molar-refractivity contribution in [1.82, 2.24) is 9.29 Å². The second-order valence-electron chi connectivity index (χ2n) is 8.09. The van der Waals surface area contributed by atoms with Gasteiger partial charge in [-0.3, -0.25) is 4.79 Å². The summed E-state index contributed by atoms with van der Waals surface area (Å²) in [6, 6.07) is 9.78. The number of nitrogens with one attached hydrogen (secondary N) is 1. The largest absolute Gasteiger partial charge is 0.486 e. The third-order valence-corrected chi connectivity index (χ3v) is 7.64. The molecule has 0 aliphatic carbocycles. The molecule has 1 saturated heterocycles. The molecule has 33 heavy (non-hydrogen) atoms. The van der Waals surface area contributed by atoms with Crippen molar-refractivity contribution in [2.45, 2.75) is 30.4 Å². The van der Waals surface area contributed by atoms with Gasteiger partial charge in [0.05, 0.1) is 16.5 Å². The molecule has 174 valence electrons. The second-order valence-corrected chi connectivity index (χ2v) is 10.0. The fourth-order valence-corrected chi connectivity index (χ4v) is 5.56. The van der Waals surface area contributed by atoms with Crippen molar-refractivity contribution in [3.8, 4) is 11.5 Å². The van der Waals surface area contributed by atoms with Gasteiger partial charge < -0.3 is 19.2 Å². The zero-order chi connectivity index (χ0) is 23.0. The molecule has 0 saturated carbocycles. The van der Waals surface area contributed by atoms with Crippen molar-refractivity contribution in [3.63, 3.8) is 0 Å². The topological polar surface area (TPSA) is 97.9 Å². The van der Waals surface area contributed by atoms with E-state index in [1.807, 2.05) is 0 Å². The summed E-state index contributed by atoms with van der Waals surface area (Å²) in [4.78, 5) is 15.6. The van der Waals surface area contributed by atoms with Crippen molar-refractivity contribution < 1.29 is 27.0 Å². The maximum atomic E-state index is 13.4. The van der Waals surface area contributed by atoms with E-state index in [0.29, 0.717) is 42.2 Å². The molecule has 2 aromatic carbocycles. The molecule has 2 aliphatic rings. The van der Waals surface area contributed by atoms with E-state index in [1.54, 1.807) is 18.2 Å². The van der Waals surface area contributed by atoms with Gasteiger partial charge in [0.15, 0.2) is 11.5 Å². The number of hydrogen-bond acceptors (Lipinski definition) is 6. The summed E-state index contributed by atoms with van der Waals surface area (Å²) in [5.41, 5.74) is 0.453. The third kappa shape index (κ3) is 4.46. The Morgan fingerprint density at radius 2 is 1.76 bits per heavy atom. The molecule has 3 aromatic rings. The summed E-state index contributed by atoms with van der Waals surface area (Å²) in [5.74, 6) is 0.595. The molecular weight excluding hydrogens is 451 g/mol. The number of benzene rings is 2. The first kappa shape index (κ1) is 21.9. The first-order chi connectivity index (χ1) is 15.9. The Kier molecular flexibility index (Phi) is 5.81. The summed E-state index contributed by atoms with van der Waals surface area (Å²) in [7, 11) is -4.00. The maximum absolute atomic E-state index is 13.4. The fraction of sp³-hybridized carbons (Fsp3) is 0.348. The molecule has 1 atom stereocenters. The van der Waals surface area contributed by atoms with E-state index < -0.39 is 21.4 Å². The van der Waals surface area contributed by atoms with E-state index in [9.17, 15) is 17.6 Å². The van der Waals surface area contributed by atoms with Crippen LogP contribution in [0.15, 0.2) is 52.2 Å². The second kappa shape index (κ2) is 8.77. The molecule has 0 spiro atoms. The number of H-pyrrole nitrogens is 1. The van der Waals surface area contributed by atoms with E-state index in [2.05, 4.69) is 4.98 Å². The van der Waals surface area contributed by atoms with Crippen molar-refractivity contribution in [3.05, 3.63) is 64.2 Å². The number of halogens is 1. The highest BCUT2D eigenvalue weighted by molar-refractivity contribution is 7.89. The lowest BCUT2D eigenvalue weighted by Gasteiger charge is -2.25. The van der Waals surface area contributed by atoms with Gasteiger partial charge in [-0.05, 0) is 49.2 Å². The van der Waals surface area contributed by atoms with Crippen LogP contribution in [0.5, 0.6) is 11.5 Å². The highest BCUT2D eigenvalue weighted by Crippen LogP contribution is 2.34. The molecular formula is C23H23FN2O6S. The first-order valence-corrected chi connectivity index (χ1v) is 12.2. The van der Waals surface area contributed by atoms with Crippen LogP contribution in [0.2, 0.25) is 0 Å². The molecule has 1 fully saturated rings.